The van der Waals surface area contributed by atoms with Gasteiger partial charge < -0.3 is 15.0 Å². The number of rotatable bonds is 5. The molecule has 2 heterocycles. The van der Waals surface area contributed by atoms with Gasteiger partial charge in [-0.1, -0.05) is 32.0 Å². The van der Waals surface area contributed by atoms with Crippen LogP contribution in [0.25, 0.3) is 0 Å². The number of anilines is 1. The van der Waals surface area contributed by atoms with E-state index in [2.05, 4.69) is 29.1 Å². The SMILES string of the molecule is CC(C)c1nccc(NCCN2Cc3ccccc3OCC2=O)n1. The molecule has 6 heteroatoms. The average Bonchev–Trinajstić information content (AvgIpc) is 2.75. The fourth-order valence-corrected chi connectivity index (χ4v) is 2.57. The lowest BCUT2D eigenvalue weighted by Gasteiger charge is -2.20. The number of fused-ring (bicyclic) bond motifs is 1. The predicted octanol–water partition coefficient (Wildman–Crippen LogP) is 2.43. The molecule has 1 N–H and O–H groups in total. The summed E-state index contributed by atoms with van der Waals surface area (Å²) in [6.07, 6.45) is 1.76. The van der Waals surface area contributed by atoms with Crippen LogP contribution in [0.15, 0.2) is 36.5 Å². The molecule has 1 aromatic carbocycles. The van der Waals surface area contributed by atoms with E-state index in [-0.39, 0.29) is 18.4 Å². The molecule has 0 saturated carbocycles. The van der Waals surface area contributed by atoms with Crippen LogP contribution in [0, 0.1) is 0 Å². The molecule has 0 spiro atoms. The number of carbonyl (C=O) groups is 1. The molecular weight excluding hydrogens is 304 g/mol. The molecule has 0 fully saturated rings. The standard InChI is InChI=1S/C18H22N4O2/c1-13(2)18-20-8-7-16(21-18)19-9-10-22-11-14-5-3-4-6-15(14)24-12-17(22)23/h3-8,13H,9-12H2,1-2H3,(H,19,20,21). The lowest BCUT2D eigenvalue weighted by atomic mass is 10.2. The van der Waals surface area contributed by atoms with Gasteiger partial charge in [-0.2, -0.15) is 0 Å². The third-order valence-corrected chi connectivity index (χ3v) is 3.92. The molecule has 0 bridgehead atoms. The van der Waals surface area contributed by atoms with Crippen LogP contribution in [-0.4, -0.2) is 40.5 Å². The number of amides is 1. The quantitative estimate of drug-likeness (QED) is 0.914. The molecule has 1 aliphatic heterocycles. The van der Waals surface area contributed by atoms with Crippen LogP contribution in [0.3, 0.4) is 0 Å². The number of ether oxygens (including phenoxy) is 1. The van der Waals surface area contributed by atoms with Crippen LogP contribution in [0.5, 0.6) is 5.75 Å². The Morgan fingerprint density at radius 2 is 2.12 bits per heavy atom. The Morgan fingerprint density at radius 3 is 2.96 bits per heavy atom. The molecule has 1 amide bonds. The van der Waals surface area contributed by atoms with E-state index in [9.17, 15) is 4.79 Å². The smallest absolute Gasteiger partial charge is 0.260 e. The van der Waals surface area contributed by atoms with Crippen LogP contribution in [-0.2, 0) is 11.3 Å². The molecule has 6 nitrogen and oxygen atoms in total. The number of benzene rings is 1. The zero-order valence-electron chi connectivity index (χ0n) is 14.0. The van der Waals surface area contributed by atoms with Gasteiger partial charge in [0.1, 0.15) is 17.4 Å². The van der Waals surface area contributed by atoms with Crippen LogP contribution >= 0.6 is 0 Å². The molecule has 24 heavy (non-hydrogen) atoms. The molecule has 0 atom stereocenters. The maximum Gasteiger partial charge on any atom is 0.260 e. The highest BCUT2D eigenvalue weighted by molar-refractivity contribution is 5.78. The van der Waals surface area contributed by atoms with E-state index in [1.54, 1.807) is 6.20 Å². The van der Waals surface area contributed by atoms with Crippen molar-refractivity contribution in [2.75, 3.05) is 25.0 Å². The largest absolute Gasteiger partial charge is 0.483 e. The Bertz CT molecular complexity index is 718. The van der Waals surface area contributed by atoms with Crippen molar-refractivity contribution in [1.29, 1.82) is 0 Å². The molecule has 0 saturated heterocycles. The first kappa shape index (κ1) is 16.2. The van der Waals surface area contributed by atoms with E-state index in [0.717, 1.165) is 23.0 Å². The van der Waals surface area contributed by atoms with Crippen molar-refractivity contribution < 1.29 is 9.53 Å². The molecule has 2 aromatic rings. The Morgan fingerprint density at radius 1 is 1.29 bits per heavy atom. The first-order valence-corrected chi connectivity index (χ1v) is 8.19. The minimum atomic E-state index is -0.00134. The normalized spacial score (nSPS) is 14.1. The van der Waals surface area contributed by atoms with E-state index >= 15 is 0 Å². The van der Waals surface area contributed by atoms with Crippen molar-refractivity contribution in [3.63, 3.8) is 0 Å². The molecule has 3 rings (SSSR count). The Hall–Kier alpha value is -2.63. The molecule has 0 radical (unpaired) electrons. The van der Waals surface area contributed by atoms with E-state index < -0.39 is 0 Å². The van der Waals surface area contributed by atoms with Crippen LogP contribution < -0.4 is 10.1 Å². The van der Waals surface area contributed by atoms with Crippen LogP contribution in [0.4, 0.5) is 5.82 Å². The third-order valence-electron chi connectivity index (χ3n) is 3.92. The Balaban J connectivity index is 1.60. The molecular formula is C18H22N4O2. The summed E-state index contributed by atoms with van der Waals surface area (Å²) in [5.74, 6) is 2.67. The number of hydrogen-bond acceptors (Lipinski definition) is 5. The number of carbonyl (C=O) groups excluding carboxylic acids is 1. The Labute approximate surface area is 141 Å². The predicted molar refractivity (Wildman–Crippen MR) is 92.0 cm³/mol. The zero-order chi connectivity index (χ0) is 16.9. The van der Waals surface area contributed by atoms with Gasteiger partial charge >= 0.3 is 0 Å². The van der Waals surface area contributed by atoms with Crippen molar-refractivity contribution in [2.24, 2.45) is 0 Å². The number of para-hydroxylation sites is 1. The number of nitrogens with zero attached hydrogens (tertiary/aromatic N) is 3. The molecule has 0 aliphatic carbocycles. The van der Waals surface area contributed by atoms with Crippen molar-refractivity contribution in [3.8, 4) is 5.75 Å². The van der Waals surface area contributed by atoms with Gasteiger partial charge in [0.15, 0.2) is 6.61 Å². The van der Waals surface area contributed by atoms with Crippen molar-refractivity contribution in [3.05, 3.63) is 47.9 Å². The molecule has 1 aromatic heterocycles. The minimum Gasteiger partial charge on any atom is -0.483 e. The fourth-order valence-electron chi connectivity index (χ4n) is 2.57. The number of hydrogen-bond donors (Lipinski definition) is 1. The maximum atomic E-state index is 12.2. The summed E-state index contributed by atoms with van der Waals surface area (Å²) in [5, 5.41) is 3.27. The summed E-state index contributed by atoms with van der Waals surface area (Å²) >= 11 is 0. The third kappa shape index (κ3) is 3.82. The highest BCUT2D eigenvalue weighted by atomic mass is 16.5. The van der Waals surface area contributed by atoms with Gasteiger partial charge in [-0.25, -0.2) is 9.97 Å². The van der Waals surface area contributed by atoms with E-state index in [4.69, 9.17) is 4.74 Å². The second-order valence-corrected chi connectivity index (χ2v) is 6.09. The lowest BCUT2D eigenvalue weighted by Crippen LogP contribution is -2.36. The van der Waals surface area contributed by atoms with Crippen LogP contribution in [0.1, 0.15) is 31.2 Å². The fraction of sp³-hybridized carbons (Fsp3) is 0.389. The summed E-state index contributed by atoms with van der Waals surface area (Å²) in [4.78, 5) is 22.8. The lowest BCUT2D eigenvalue weighted by molar-refractivity contribution is -0.133. The second-order valence-electron chi connectivity index (χ2n) is 6.09. The van der Waals surface area contributed by atoms with Gasteiger partial charge in [0, 0.05) is 37.3 Å². The van der Waals surface area contributed by atoms with Gasteiger partial charge in [0.05, 0.1) is 0 Å². The summed E-state index contributed by atoms with van der Waals surface area (Å²) in [5.41, 5.74) is 1.03. The highest BCUT2D eigenvalue weighted by Gasteiger charge is 2.20. The topological polar surface area (TPSA) is 67.3 Å². The summed E-state index contributed by atoms with van der Waals surface area (Å²) in [6.45, 7) is 6.00. The average molecular weight is 326 g/mol. The zero-order valence-corrected chi connectivity index (χ0v) is 14.0. The molecule has 1 aliphatic rings. The van der Waals surface area contributed by atoms with E-state index in [1.165, 1.54) is 0 Å². The van der Waals surface area contributed by atoms with E-state index in [1.807, 2.05) is 35.2 Å². The van der Waals surface area contributed by atoms with E-state index in [0.29, 0.717) is 19.6 Å². The summed E-state index contributed by atoms with van der Waals surface area (Å²) in [6, 6.07) is 9.62. The van der Waals surface area contributed by atoms with Gasteiger partial charge in [-0.15, -0.1) is 0 Å². The Kier molecular flexibility index (Phi) is 4.93. The maximum absolute atomic E-state index is 12.2. The van der Waals surface area contributed by atoms with Crippen LogP contribution in [0.2, 0.25) is 0 Å². The van der Waals surface area contributed by atoms with Gasteiger partial charge in [-0.05, 0) is 12.1 Å². The highest BCUT2D eigenvalue weighted by Crippen LogP contribution is 2.22. The van der Waals surface area contributed by atoms with Gasteiger partial charge in [-0.3, -0.25) is 4.79 Å². The van der Waals surface area contributed by atoms with Crippen molar-refractivity contribution >= 4 is 11.7 Å². The first-order chi connectivity index (χ1) is 11.6. The molecule has 126 valence electrons. The van der Waals surface area contributed by atoms with Crippen molar-refractivity contribution in [1.82, 2.24) is 14.9 Å². The number of nitrogens with one attached hydrogen (secondary N) is 1. The molecule has 0 unspecified atom stereocenters. The second kappa shape index (κ2) is 7.29. The monoisotopic (exact) mass is 326 g/mol. The summed E-state index contributed by atoms with van der Waals surface area (Å²) < 4.78 is 5.57. The van der Waals surface area contributed by atoms with Gasteiger partial charge in [0.25, 0.3) is 5.91 Å². The first-order valence-electron chi connectivity index (χ1n) is 8.19. The summed E-state index contributed by atoms with van der Waals surface area (Å²) in [7, 11) is 0. The van der Waals surface area contributed by atoms with Gasteiger partial charge in [0.2, 0.25) is 0 Å². The van der Waals surface area contributed by atoms with Crippen molar-refractivity contribution in [2.45, 2.75) is 26.3 Å². The minimum absolute atomic E-state index is 0.00134. The number of aromatic nitrogens is 2.